The Morgan fingerprint density at radius 3 is 1.84 bits per heavy atom. The lowest BCUT2D eigenvalue weighted by atomic mass is 9.68. The zero-order chi connectivity index (χ0) is 33.0. The quantitative estimate of drug-likeness (QED) is 0.183. The second-order valence-electron chi connectivity index (χ2n) is 14.1. The minimum atomic E-state index is -0.449. The molecule has 1 nitrogen and oxygen atoms in total. The third kappa shape index (κ3) is 3.32. The van der Waals surface area contributed by atoms with Crippen LogP contribution in [0, 0.1) is 0 Å². The van der Waals surface area contributed by atoms with Gasteiger partial charge in [-0.25, -0.2) is 0 Å². The van der Waals surface area contributed by atoms with Gasteiger partial charge in [-0.15, -0.1) is 0 Å². The molecule has 0 amide bonds. The summed E-state index contributed by atoms with van der Waals surface area (Å²) in [5, 5.41) is 2.58. The highest BCUT2D eigenvalue weighted by molar-refractivity contribution is 6.06. The van der Waals surface area contributed by atoms with E-state index in [0.717, 1.165) is 17.1 Å². The van der Waals surface area contributed by atoms with Crippen LogP contribution >= 0.6 is 0 Å². The fraction of sp³-hybridized carbons (Fsp3) is 0.0612. The maximum absolute atomic E-state index is 7.01. The Balaban J connectivity index is 1.24. The van der Waals surface area contributed by atoms with Crippen LogP contribution < -0.4 is 4.74 Å². The number of para-hydroxylation sites is 2. The van der Waals surface area contributed by atoms with Crippen LogP contribution in [-0.4, -0.2) is 0 Å². The van der Waals surface area contributed by atoms with E-state index < -0.39 is 5.41 Å². The summed E-state index contributed by atoms with van der Waals surface area (Å²) in [5.74, 6) is 1.84. The topological polar surface area (TPSA) is 9.23 Å². The molecule has 1 heterocycles. The maximum Gasteiger partial charge on any atom is 0.139 e. The van der Waals surface area contributed by atoms with Crippen molar-refractivity contribution in [2.45, 2.75) is 17.8 Å². The summed E-state index contributed by atoms with van der Waals surface area (Å²) in [5.41, 5.74) is 15.7. The average Bonchev–Trinajstić information content (AvgIpc) is 3.66. The first-order chi connectivity index (χ1) is 24.7. The molecule has 50 heavy (non-hydrogen) atoms. The van der Waals surface area contributed by atoms with E-state index in [-0.39, 0.29) is 5.41 Å². The van der Waals surface area contributed by atoms with Gasteiger partial charge in [0.05, 0.1) is 5.41 Å². The van der Waals surface area contributed by atoms with Gasteiger partial charge in [-0.3, -0.25) is 0 Å². The summed E-state index contributed by atoms with van der Waals surface area (Å²) < 4.78 is 7.01. The minimum absolute atomic E-state index is 0.388. The molecule has 234 valence electrons. The number of hydrogen-bond donors (Lipinski definition) is 0. The lowest BCUT2D eigenvalue weighted by Crippen LogP contribution is -2.29. The Hall–Kier alpha value is -6.18. The molecular formula is C49H32O. The van der Waals surface area contributed by atoms with Gasteiger partial charge < -0.3 is 4.74 Å². The molecule has 0 bridgehead atoms. The van der Waals surface area contributed by atoms with Crippen molar-refractivity contribution < 1.29 is 4.74 Å². The number of benzene rings is 8. The summed E-state index contributed by atoms with van der Waals surface area (Å²) in [6.07, 6.45) is 0. The van der Waals surface area contributed by atoms with E-state index in [1.54, 1.807) is 0 Å². The summed E-state index contributed by atoms with van der Waals surface area (Å²) in [7, 11) is 0. The summed E-state index contributed by atoms with van der Waals surface area (Å²) in [6.45, 7) is 2.35. The number of ether oxygens (including phenoxy) is 1. The Labute approximate surface area is 292 Å². The standard InChI is InChI=1S/C49H32O/c1-48(32-16-3-2-4-17-32)41-25-11-12-28-44(41)50-47-37(22-14-27-43(47)48)35-21-13-26-42-45(35)38-20-8-10-24-40(38)49(42)39-23-9-7-19-34(39)36-30-29-31-15-5-6-18-33(31)46(36)49/h2-30H,1H3. The van der Waals surface area contributed by atoms with Crippen molar-refractivity contribution in [3.8, 4) is 44.9 Å². The minimum Gasteiger partial charge on any atom is -0.456 e. The van der Waals surface area contributed by atoms with E-state index in [9.17, 15) is 0 Å². The van der Waals surface area contributed by atoms with E-state index in [1.807, 2.05) is 0 Å². The first-order valence-corrected chi connectivity index (χ1v) is 17.5. The Morgan fingerprint density at radius 1 is 0.400 bits per heavy atom. The van der Waals surface area contributed by atoms with Gasteiger partial charge in [0.15, 0.2) is 0 Å². The zero-order valence-corrected chi connectivity index (χ0v) is 27.7. The SMILES string of the molecule is CC1(c2ccccc2)c2ccccc2Oc2c(-c3cccc4c3-c3ccccc3C43c4ccccc4-c4ccc5ccccc5c43)cccc21. The third-order valence-corrected chi connectivity index (χ3v) is 11.8. The van der Waals surface area contributed by atoms with Crippen LogP contribution in [0.1, 0.15) is 45.9 Å². The molecule has 0 N–H and O–H groups in total. The van der Waals surface area contributed by atoms with Gasteiger partial charge in [0.25, 0.3) is 0 Å². The predicted molar refractivity (Wildman–Crippen MR) is 204 cm³/mol. The summed E-state index contributed by atoms with van der Waals surface area (Å²) in [4.78, 5) is 0. The summed E-state index contributed by atoms with van der Waals surface area (Å²) >= 11 is 0. The van der Waals surface area contributed by atoms with Gasteiger partial charge in [0.1, 0.15) is 11.5 Å². The van der Waals surface area contributed by atoms with Crippen molar-refractivity contribution in [2.75, 3.05) is 0 Å². The zero-order valence-electron chi connectivity index (χ0n) is 27.7. The smallest absolute Gasteiger partial charge is 0.139 e. The van der Waals surface area contributed by atoms with E-state index in [2.05, 4.69) is 183 Å². The molecule has 1 aliphatic heterocycles. The number of hydrogen-bond acceptors (Lipinski definition) is 1. The van der Waals surface area contributed by atoms with Gasteiger partial charge in [-0.05, 0) is 79.4 Å². The summed E-state index contributed by atoms with van der Waals surface area (Å²) in [6, 6.07) is 64.8. The molecule has 0 aromatic heterocycles. The lowest BCUT2D eigenvalue weighted by molar-refractivity contribution is 0.429. The second kappa shape index (κ2) is 9.94. The van der Waals surface area contributed by atoms with E-state index in [0.29, 0.717) is 0 Å². The fourth-order valence-corrected chi connectivity index (χ4v) is 9.75. The Morgan fingerprint density at radius 2 is 1.00 bits per heavy atom. The molecule has 8 aromatic carbocycles. The normalized spacial score (nSPS) is 18.8. The van der Waals surface area contributed by atoms with Crippen LogP contribution in [0.5, 0.6) is 11.5 Å². The number of fused-ring (bicyclic) bond motifs is 14. The van der Waals surface area contributed by atoms with Crippen molar-refractivity contribution in [3.63, 3.8) is 0 Å². The molecule has 0 saturated heterocycles. The maximum atomic E-state index is 7.01. The molecule has 3 aliphatic rings. The number of rotatable bonds is 2. The van der Waals surface area contributed by atoms with Gasteiger partial charge in [-0.1, -0.05) is 170 Å². The molecule has 0 fully saturated rings. The van der Waals surface area contributed by atoms with E-state index >= 15 is 0 Å². The molecule has 11 rings (SSSR count). The van der Waals surface area contributed by atoms with Gasteiger partial charge in [0, 0.05) is 22.1 Å². The molecule has 2 unspecified atom stereocenters. The Bertz CT molecular complexity index is 2700. The largest absolute Gasteiger partial charge is 0.456 e. The molecule has 0 saturated carbocycles. The van der Waals surface area contributed by atoms with Crippen molar-refractivity contribution in [2.24, 2.45) is 0 Å². The molecule has 8 aromatic rings. The second-order valence-corrected chi connectivity index (χ2v) is 14.1. The molecule has 1 heteroatoms. The predicted octanol–water partition coefficient (Wildman–Crippen LogP) is 12.3. The van der Waals surface area contributed by atoms with Crippen molar-refractivity contribution in [1.29, 1.82) is 0 Å². The highest BCUT2D eigenvalue weighted by atomic mass is 16.5. The molecule has 1 spiro atoms. The van der Waals surface area contributed by atoms with Crippen LogP contribution in [-0.2, 0) is 10.8 Å². The lowest BCUT2D eigenvalue weighted by Gasteiger charge is -2.39. The van der Waals surface area contributed by atoms with E-state index in [4.69, 9.17) is 4.74 Å². The van der Waals surface area contributed by atoms with Crippen molar-refractivity contribution in [3.05, 3.63) is 215 Å². The highest BCUT2D eigenvalue weighted by Crippen LogP contribution is 2.66. The molecular weight excluding hydrogens is 605 g/mol. The van der Waals surface area contributed by atoms with Crippen LogP contribution in [0.25, 0.3) is 44.2 Å². The van der Waals surface area contributed by atoms with Gasteiger partial charge in [-0.2, -0.15) is 0 Å². The molecule has 2 aliphatic carbocycles. The fourth-order valence-electron chi connectivity index (χ4n) is 9.75. The van der Waals surface area contributed by atoms with Crippen LogP contribution in [0.3, 0.4) is 0 Å². The highest BCUT2D eigenvalue weighted by Gasteiger charge is 2.53. The molecule has 0 radical (unpaired) electrons. The first-order valence-electron chi connectivity index (χ1n) is 17.5. The van der Waals surface area contributed by atoms with E-state index in [1.165, 1.54) is 77.5 Å². The first kappa shape index (κ1) is 27.7. The average molecular weight is 637 g/mol. The van der Waals surface area contributed by atoms with Crippen LogP contribution in [0.2, 0.25) is 0 Å². The Kier molecular flexibility index (Phi) is 5.51. The molecule has 2 atom stereocenters. The van der Waals surface area contributed by atoms with Crippen LogP contribution in [0.15, 0.2) is 176 Å². The van der Waals surface area contributed by atoms with Crippen LogP contribution in [0.4, 0.5) is 0 Å². The van der Waals surface area contributed by atoms with Crippen molar-refractivity contribution >= 4 is 10.8 Å². The third-order valence-electron chi connectivity index (χ3n) is 11.8. The van der Waals surface area contributed by atoms with Gasteiger partial charge >= 0.3 is 0 Å². The van der Waals surface area contributed by atoms with Gasteiger partial charge in [0.2, 0.25) is 0 Å². The monoisotopic (exact) mass is 636 g/mol. The van der Waals surface area contributed by atoms with Crippen molar-refractivity contribution in [1.82, 2.24) is 0 Å².